The molecule has 2 amide bonds. The second-order valence-corrected chi connectivity index (χ2v) is 7.00. The van der Waals surface area contributed by atoms with E-state index < -0.39 is 0 Å². The third-order valence-corrected chi connectivity index (χ3v) is 4.96. The van der Waals surface area contributed by atoms with Crippen LogP contribution in [0.4, 0.5) is 5.69 Å². The molecule has 2 N–H and O–H groups in total. The van der Waals surface area contributed by atoms with Crippen LogP contribution in [-0.4, -0.2) is 22.6 Å². The molecule has 0 radical (unpaired) electrons. The van der Waals surface area contributed by atoms with Gasteiger partial charge in [-0.15, -0.1) is 0 Å². The maximum Gasteiger partial charge on any atom is 0.271 e. The third kappa shape index (κ3) is 3.80. The van der Waals surface area contributed by atoms with Gasteiger partial charge in [-0.25, -0.2) is 5.43 Å². The van der Waals surface area contributed by atoms with E-state index in [2.05, 4.69) is 51.6 Å². The molecule has 30 heavy (non-hydrogen) atoms. The van der Waals surface area contributed by atoms with Crippen molar-refractivity contribution in [2.24, 2.45) is 5.10 Å². The lowest BCUT2D eigenvalue weighted by molar-refractivity contribution is -0.114. The molecule has 1 aromatic heterocycles. The van der Waals surface area contributed by atoms with Crippen molar-refractivity contribution in [3.05, 3.63) is 77.9 Å². The number of nitrogens with zero attached hydrogens (tertiary/aromatic N) is 2. The summed E-state index contributed by atoms with van der Waals surface area (Å²) in [5.74, 6) is -0.472. The molecular formula is C24H22N4O2. The molecule has 0 aliphatic carbocycles. The SMILES string of the molecule is CCn1c2ccccc2c2cc(/C=N\NC(=O)c3ccc(NC(C)=O)cc3)ccc21. The van der Waals surface area contributed by atoms with E-state index in [0.29, 0.717) is 11.3 Å². The molecule has 150 valence electrons. The largest absolute Gasteiger partial charge is 0.341 e. The number of anilines is 1. The van der Waals surface area contributed by atoms with Crippen LogP contribution in [0.5, 0.6) is 0 Å². The monoisotopic (exact) mass is 398 g/mol. The van der Waals surface area contributed by atoms with Crippen molar-refractivity contribution in [3.8, 4) is 0 Å². The summed E-state index contributed by atoms with van der Waals surface area (Å²) in [5, 5.41) is 9.13. The fourth-order valence-electron chi connectivity index (χ4n) is 3.63. The first kappa shape index (κ1) is 19.4. The topological polar surface area (TPSA) is 75.5 Å². The molecular weight excluding hydrogens is 376 g/mol. The summed E-state index contributed by atoms with van der Waals surface area (Å²) in [4.78, 5) is 23.4. The Hall–Kier alpha value is -3.93. The van der Waals surface area contributed by atoms with Crippen molar-refractivity contribution in [1.29, 1.82) is 0 Å². The second kappa shape index (κ2) is 8.21. The highest BCUT2D eigenvalue weighted by Gasteiger charge is 2.09. The molecule has 0 aliphatic heterocycles. The van der Waals surface area contributed by atoms with Crippen LogP contribution in [0.25, 0.3) is 21.8 Å². The molecule has 6 nitrogen and oxygen atoms in total. The minimum Gasteiger partial charge on any atom is -0.341 e. The van der Waals surface area contributed by atoms with E-state index >= 15 is 0 Å². The Morgan fingerprint density at radius 1 is 0.967 bits per heavy atom. The molecule has 1 heterocycles. The number of aromatic nitrogens is 1. The number of fused-ring (bicyclic) bond motifs is 3. The number of benzene rings is 3. The van der Waals surface area contributed by atoms with Gasteiger partial charge in [-0.1, -0.05) is 24.3 Å². The highest BCUT2D eigenvalue weighted by atomic mass is 16.2. The van der Waals surface area contributed by atoms with Gasteiger partial charge < -0.3 is 9.88 Å². The van der Waals surface area contributed by atoms with Crippen molar-refractivity contribution < 1.29 is 9.59 Å². The Balaban J connectivity index is 1.52. The van der Waals surface area contributed by atoms with Crippen molar-refractivity contribution in [1.82, 2.24) is 9.99 Å². The van der Waals surface area contributed by atoms with Gasteiger partial charge in [0.15, 0.2) is 0 Å². The van der Waals surface area contributed by atoms with Gasteiger partial charge in [0.25, 0.3) is 5.91 Å². The van der Waals surface area contributed by atoms with Gasteiger partial charge in [0, 0.05) is 46.5 Å². The fourth-order valence-corrected chi connectivity index (χ4v) is 3.63. The highest BCUT2D eigenvalue weighted by Crippen LogP contribution is 2.29. The maximum atomic E-state index is 12.3. The highest BCUT2D eigenvalue weighted by molar-refractivity contribution is 6.09. The van der Waals surface area contributed by atoms with Gasteiger partial charge >= 0.3 is 0 Å². The lowest BCUT2D eigenvalue weighted by atomic mass is 10.1. The van der Waals surface area contributed by atoms with E-state index in [9.17, 15) is 9.59 Å². The number of para-hydroxylation sites is 1. The van der Waals surface area contributed by atoms with Gasteiger partial charge in [-0.05, 0) is 55.0 Å². The van der Waals surface area contributed by atoms with Crippen LogP contribution in [0.15, 0.2) is 71.8 Å². The van der Waals surface area contributed by atoms with Crippen LogP contribution in [0.1, 0.15) is 29.8 Å². The van der Waals surface area contributed by atoms with E-state index in [0.717, 1.165) is 17.5 Å². The maximum absolute atomic E-state index is 12.3. The predicted molar refractivity (Wildman–Crippen MR) is 121 cm³/mol. The first-order valence-electron chi connectivity index (χ1n) is 9.79. The number of amides is 2. The van der Waals surface area contributed by atoms with E-state index in [1.165, 1.54) is 23.3 Å². The zero-order chi connectivity index (χ0) is 21.1. The molecule has 0 saturated heterocycles. The van der Waals surface area contributed by atoms with Crippen LogP contribution in [0.2, 0.25) is 0 Å². The Morgan fingerprint density at radius 2 is 1.70 bits per heavy atom. The van der Waals surface area contributed by atoms with Crippen molar-refractivity contribution >= 4 is 45.5 Å². The first-order valence-corrected chi connectivity index (χ1v) is 9.79. The molecule has 0 unspecified atom stereocenters. The Kier molecular flexibility index (Phi) is 5.30. The summed E-state index contributed by atoms with van der Waals surface area (Å²) in [7, 11) is 0. The first-order chi connectivity index (χ1) is 14.6. The molecule has 0 saturated carbocycles. The Morgan fingerprint density at radius 3 is 2.43 bits per heavy atom. The van der Waals surface area contributed by atoms with Crippen LogP contribution in [0, 0.1) is 0 Å². The minimum absolute atomic E-state index is 0.157. The van der Waals surface area contributed by atoms with Gasteiger partial charge in [0.1, 0.15) is 0 Å². The molecule has 3 aromatic carbocycles. The smallest absolute Gasteiger partial charge is 0.271 e. The zero-order valence-corrected chi connectivity index (χ0v) is 16.8. The average Bonchev–Trinajstić information content (AvgIpc) is 3.07. The van der Waals surface area contributed by atoms with Gasteiger partial charge in [-0.3, -0.25) is 9.59 Å². The number of aryl methyl sites for hydroxylation is 1. The molecule has 0 atom stereocenters. The Bertz CT molecular complexity index is 1270. The van der Waals surface area contributed by atoms with Gasteiger partial charge in [0.2, 0.25) is 5.91 Å². The zero-order valence-electron chi connectivity index (χ0n) is 16.8. The van der Waals surface area contributed by atoms with Gasteiger partial charge in [-0.2, -0.15) is 5.10 Å². The van der Waals surface area contributed by atoms with Crippen LogP contribution >= 0.6 is 0 Å². The summed E-state index contributed by atoms with van der Waals surface area (Å²) >= 11 is 0. The minimum atomic E-state index is -0.315. The number of carbonyl (C=O) groups excluding carboxylic acids is 2. The number of hydrazone groups is 1. The standard InChI is InChI=1S/C24H22N4O2/c1-3-28-22-7-5-4-6-20(22)21-14-17(8-13-23(21)28)15-25-27-24(30)18-9-11-19(12-10-18)26-16(2)29/h4-15H,3H2,1-2H3,(H,26,29)(H,27,30)/b25-15-. The van der Waals surface area contributed by atoms with E-state index in [-0.39, 0.29) is 11.8 Å². The average molecular weight is 398 g/mol. The number of rotatable bonds is 5. The predicted octanol–water partition coefficient (Wildman–Crippen LogP) is 4.54. The van der Waals surface area contributed by atoms with Crippen LogP contribution in [-0.2, 0) is 11.3 Å². The molecule has 0 bridgehead atoms. The number of hydrogen-bond donors (Lipinski definition) is 2. The lowest BCUT2D eigenvalue weighted by Gasteiger charge is -2.04. The molecule has 0 aliphatic rings. The third-order valence-electron chi connectivity index (χ3n) is 4.96. The van der Waals surface area contributed by atoms with E-state index in [1.807, 2.05) is 18.2 Å². The van der Waals surface area contributed by atoms with E-state index in [4.69, 9.17) is 0 Å². The quantitative estimate of drug-likeness (QED) is 0.383. The molecule has 4 aromatic rings. The summed E-state index contributed by atoms with van der Waals surface area (Å²) in [6.07, 6.45) is 1.64. The van der Waals surface area contributed by atoms with Crippen molar-refractivity contribution in [2.45, 2.75) is 20.4 Å². The second-order valence-electron chi connectivity index (χ2n) is 7.00. The van der Waals surface area contributed by atoms with Crippen molar-refractivity contribution in [3.63, 3.8) is 0 Å². The summed E-state index contributed by atoms with van der Waals surface area (Å²) in [6.45, 7) is 4.47. The molecule has 4 rings (SSSR count). The summed E-state index contributed by atoms with van der Waals surface area (Å²) in [6, 6.07) is 21.1. The lowest BCUT2D eigenvalue weighted by Crippen LogP contribution is -2.17. The summed E-state index contributed by atoms with van der Waals surface area (Å²) in [5.41, 5.74) is 6.94. The number of hydrogen-bond acceptors (Lipinski definition) is 3. The van der Waals surface area contributed by atoms with Crippen LogP contribution < -0.4 is 10.7 Å². The van der Waals surface area contributed by atoms with Crippen LogP contribution in [0.3, 0.4) is 0 Å². The fraction of sp³-hybridized carbons (Fsp3) is 0.125. The van der Waals surface area contributed by atoms with Gasteiger partial charge in [0.05, 0.1) is 6.21 Å². The number of carbonyl (C=O) groups is 2. The molecule has 6 heteroatoms. The Labute approximate surface area is 174 Å². The number of nitrogens with one attached hydrogen (secondary N) is 2. The van der Waals surface area contributed by atoms with Crippen molar-refractivity contribution in [2.75, 3.05) is 5.32 Å². The molecule has 0 fully saturated rings. The molecule has 0 spiro atoms. The summed E-state index contributed by atoms with van der Waals surface area (Å²) < 4.78 is 2.29. The normalized spacial score (nSPS) is 11.3. The van der Waals surface area contributed by atoms with E-state index in [1.54, 1.807) is 30.5 Å².